The molecule has 0 saturated heterocycles. The van der Waals surface area contributed by atoms with E-state index >= 15 is 0 Å². The summed E-state index contributed by atoms with van der Waals surface area (Å²) in [6.07, 6.45) is -0.739. The van der Waals surface area contributed by atoms with Crippen molar-refractivity contribution in [2.75, 3.05) is 5.32 Å². The molecule has 1 N–H and O–H groups in total. The lowest BCUT2D eigenvalue weighted by atomic mass is 10.0. The SMILES string of the molecule is Cc1cccc(O[C@@H](C)C(=O)Nc2ccc(Cl)cc2C(=O)c2ccccc2)c1. The van der Waals surface area contributed by atoms with Gasteiger partial charge < -0.3 is 10.1 Å². The van der Waals surface area contributed by atoms with Crippen LogP contribution >= 0.6 is 11.6 Å². The Morgan fingerprint density at radius 3 is 2.43 bits per heavy atom. The van der Waals surface area contributed by atoms with Gasteiger partial charge in [-0.1, -0.05) is 54.1 Å². The molecule has 0 aromatic heterocycles. The van der Waals surface area contributed by atoms with Crippen molar-refractivity contribution in [3.05, 3.63) is 94.5 Å². The molecule has 0 fully saturated rings. The second-order valence-electron chi connectivity index (χ2n) is 6.45. The molecule has 0 saturated carbocycles. The zero-order chi connectivity index (χ0) is 20.1. The quantitative estimate of drug-likeness (QED) is 0.579. The molecule has 3 aromatic rings. The van der Waals surface area contributed by atoms with Crippen LogP contribution in [-0.2, 0) is 4.79 Å². The maximum Gasteiger partial charge on any atom is 0.265 e. The zero-order valence-electron chi connectivity index (χ0n) is 15.6. The number of aryl methyl sites for hydroxylation is 1. The van der Waals surface area contributed by atoms with Gasteiger partial charge in [-0.3, -0.25) is 9.59 Å². The van der Waals surface area contributed by atoms with Crippen LogP contribution in [0.4, 0.5) is 5.69 Å². The Labute approximate surface area is 169 Å². The maximum absolute atomic E-state index is 12.9. The Balaban J connectivity index is 1.80. The van der Waals surface area contributed by atoms with Crippen molar-refractivity contribution >= 4 is 29.0 Å². The van der Waals surface area contributed by atoms with Gasteiger partial charge in [-0.05, 0) is 49.7 Å². The van der Waals surface area contributed by atoms with Crippen molar-refractivity contribution in [1.82, 2.24) is 0 Å². The van der Waals surface area contributed by atoms with Crippen molar-refractivity contribution in [3.8, 4) is 5.75 Å². The summed E-state index contributed by atoms with van der Waals surface area (Å²) in [5.41, 5.74) is 2.28. The summed E-state index contributed by atoms with van der Waals surface area (Å²) < 4.78 is 5.71. The molecular weight excluding hydrogens is 374 g/mol. The van der Waals surface area contributed by atoms with Crippen LogP contribution in [0.3, 0.4) is 0 Å². The molecule has 1 amide bonds. The van der Waals surface area contributed by atoms with Crippen LogP contribution in [0.15, 0.2) is 72.8 Å². The summed E-state index contributed by atoms with van der Waals surface area (Å²) in [4.78, 5) is 25.5. The summed E-state index contributed by atoms with van der Waals surface area (Å²) in [6.45, 7) is 3.61. The number of hydrogen-bond donors (Lipinski definition) is 1. The minimum Gasteiger partial charge on any atom is -0.481 e. The number of carbonyl (C=O) groups excluding carboxylic acids is 2. The number of hydrogen-bond acceptors (Lipinski definition) is 3. The molecule has 0 radical (unpaired) electrons. The molecule has 28 heavy (non-hydrogen) atoms. The van der Waals surface area contributed by atoms with Gasteiger partial charge >= 0.3 is 0 Å². The normalized spacial score (nSPS) is 11.5. The van der Waals surface area contributed by atoms with Gasteiger partial charge in [0.1, 0.15) is 5.75 Å². The highest BCUT2D eigenvalue weighted by Crippen LogP contribution is 2.24. The van der Waals surface area contributed by atoms with Gasteiger partial charge in [0.15, 0.2) is 11.9 Å². The second-order valence-corrected chi connectivity index (χ2v) is 6.89. The minimum atomic E-state index is -0.739. The molecule has 3 aromatic carbocycles. The average Bonchev–Trinajstić information content (AvgIpc) is 2.69. The van der Waals surface area contributed by atoms with Crippen molar-refractivity contribution in [1.29, 1.82) is 0 Å². The molecule has 0 bridgehead atoms. The van der Waals surface area contributed by atoms with Gasteiger partial charge in [-0.2, -0.15) is 0 Å². The van der Waals surface area contributed by atoms with E-state index in [1.54, 1.807) is 55.5 Å². The largest absolute Gasteiger partial charge is 0.481 e. The fraction of sp³-hybridized carbons (Fsp3) is 0.130. The molecule has 0 aliphatic rings. The van der Waals surface area contributed by atoms with Crippen molar-refractivity contribution in [3.63, 3.8) is 0 Å². The number of nitrogens with one attached hydrogen (secondary N) is 1. The maximum atomic E-state index is 12.9. The Hall–Kier alpha value is -3.11. The van der Waals surface area contributed by atoms with Crippen LogP contribution in [0.25, 0.3) is 0 Å². The summed E-state index contributed by atoms with van der Waals surface area (Å²) in [6, 6.07) is 21.1. The Kier molecular flexibility index (Phi) is 6.12. The molecule has 4 nitrogen and oxygen atoms in total. The Morgan fingerprint density at radius 1 is 0.964 bits per heavy atom. The molecule has 0 unspecified atom stereocenters. The smallest absolute Gasteiger partial charge is 0.265 e. The van der Waals surface area contributed by atoms with Crippen molar-refractivity contribution in [2.24, 2.45) is 0 Å². The Morgan fingerprint density at radius 2 is 1.71 bits per heavy atom. The van der Waals surface area contributed by atoms with Crippen LogP contribution in [0.2, 0.25) is 5.02 Å². The molecule has 1 atom stereocenters. The fourth-order valence-electron chi connectivity index (χ4n) is 2.74. The van der Waals surface area contributed by atoms with E-state index in [0.29, 0.717) is 27.6 Å². The van der Waals surface area contributed by atoms with Crippen LogP contribution < -0.4 is 10.1 Å². The summed E-state index contributed by atoms with van der Waals surface area (Å²) in [7, 11) is 0. The van der Waals surface area contributed by atoms with E-state index in [-0.39, 0.29) is 11.7 Å². The standard InChI is InChI=1S/C23H20ClNO3/c1-15-7-6-10-19(13-15)28-16(2)23(27)25-21-12-11-18(24)14-20(21)22(26)17-8-4-3-5-9-17/h3-14,16H,1-2H3,(H,25,27)/t16-/m0/s1. The molecule has 142 valence electrons. The summed E-state index contributed by atoms with van der Waals surface area (Å²) >= 11 is 6.08. The van der Waals surface area contributed by atoms with Gasteiger partial charge in [-0.15, -0.1) is 0 Å². The fourth-order valence-corrected chi connectivity index (χ4v) is 2.91. The van der Waals surface area contributed by atoms with E-state index in [9.17, 15) is 9.59 Å². The first-order chi connectivity index (χ1) is 13.4. The van der Waals surface area contributed by atoms with Crippen LogP contribution in [-0.4, -0.2) is 17.8 Å². The first-order valence-electron chi connectivity index (χ1n) is 8.87. The zero-order valence-corrected chi connectivity index (χ0v) is 16.4. The van der Waals surface area contributed by atoms with Gasteiger partial charge in [-0.25, -0.2) is 0 Å². The van der Waals surface area contributed by atoms with E-state index in [4.69, 9.17) is 16.3 Å². The van der Waals surface area contributed by atoms with Crippen molar-refractivity contribution < 1.29 is 14.3 Å². The first-order valence-corrected chi connectivity index (χ1v) is 9.25. The summed E-state index contributed by atoms with van der Waals surface area (Å²) in [5, 5.41) is 3.20. The topological polar surface area (TPSA) is 55.4 Å². The minimum absolute atomic E-state index is 0.217. The van der Waals surface area contributed by atoms with E-state index < -0.39 is 6.10 Å². The number of ketones is 1. The van der Waals surface area contributed by atoms with E-state index in [2.05, 4.69) is 5.32 Å². The molecule has 0 aliphatic carbocycles. The molecular formula is C23H20ClNO3. The molecule has 0 aliphatic heterocycles. The second kappa shape index (κ2) is 8.72. The van der Waals surface area contributed by atoms with Crippen LogP contribution in [0.1, 0.15) is 28.4 Å². The first kappa shape index (κ1) is 19.6. The highest BCUT2D eigenvalue weighted by atomic mass is 35.5. The number of halogens is 1. The average molecular weight is 394 g/mol. The number of rotatable bonds is 6. The van der Waals surface area contributed by atoms with Crippen LogP contribution in [0.5, 0.6) is 5.75 Å². The predicted molar refractivity (Wildman–Crippen MR) is 111 cm³/mol. The number of carbonyl (C=O) groups is 2. The number of ether oxygens (including phenoxy) is 1. The molecule has 5 heteroatoms. The lowest BCUT2D eigenvalue weighted by Gasteiger charge is -2.17. The third kappa shape index (κ3) is 4.78. The molecule has 0 heterocycles. The number of amides is 1. The van der Waals surface area contributed by atoms with Crippen LogP contribution in [0, 0.1) is 6.92 Å². The molecule has 3 rings (SSSR count). The van der Waals surface area contributed by atoms with Gasteiger partial charge in [0, 0.05) is 16.1 Å². The van der Waals surface area contributed by atoms with Crippen molar-refractivity contribution in [2.45, 2.75) is 20.0 Å². The van der Waals surface area contributed by atoms with E-state index in [1.165, 1.54) is 0 Å². The van der Waals surface area contributed by atoms with E-state index in [0.717, 1.165) is 5.56 Å². The van der Waals surface area contributed by atoms with Gasteiger partial charge in [0.2, 0.25) is 0 Å². The highest BCUT2D eigenvalue weighted by molar-refractivity contribution is 6.31. The number of anilines is 1. The van der Waals surface area contributed by atoms with E-state index in [1.807, 2.05) is 31.2 Å². The third-order valence-electron chi connectivity index (χ3n) is 4.19. The van der Waals surface area contributed by atoms with Gasteiger partial charge in [0.25, 0.3) is 5.91 Å². The lowest BCUT2D eigenvalue weighted by molar-refractivity contribution is -0.122. The molecule has 0 spiro atoms. The predicted octanol–water partition coefficient (Wildman–Crippen LogP) is 5.29. The Bertz CT molecular complexity index is 1000. The monoisotopic (exact) mass is 393 g/mol. The third-order valence-corrected chi connectivity index (χ3v) is 4.43. The lowest BCUT2D eigenvalue weighted by Crippen LogP contribution is -2.30. The highest BCUT2D eigenvalue weighted by Gasteiger charge is 2.20. The number of benzene rings is 3. The van der Waals surface area contributed by atoms with Gasteiger partial charge in [0.05, 0.1) is 5.69 Å². The summed E-state index contributed by atoms with van der Waals surface area (Å²) in [5.74, 6) is 0.0379.